The number of rotatable bonds is 4. The number of amides is 3. The van der Waals surface area contributed by atoms with Crippen molar-refractivity contribution in [3.8, 4) is 0 Å². The van der Waals surface area contributed by atoms with Crippen molar-refractivity contribution in [1.29, 1.82) is 0 Å². The van der Waals surface area contributed by atoms with Crippen LogP contribution in [0.3, 0.4) is 0 Å². The van der Waals surface area contributed by atoms with Crippen molar-refractivity contribution in [1.82, 2.24) is 10.8 Å². The minimum atomic E-state index is -4.42. The molecule has 0 aromatic heterocycles. The van der Waals surface area contributed by atoms with E-state index in [4.69, 9.17) is 4.84 Å². The van der Waals surface area contributed by atoms with Gasteiger partial charge in [-0.05, 0) is 35.9 Å². The summed E-state index contributed by atoms with van der Waals surface area (Å²) in [6.45, 7) is -0.145. The summed E-state index contributed by atoms with van der Waals surface area (Å²) in [6, 6.07) is 8.26. The molecular formula is C17H11F3N2O4. The molecule has 1 aliphatic heterocycles. The molecule has 6 nitrogen and oxygen atoms in total. The molecule has 0 fully saturated rings. The predicted molar refractivity (Wildman–Crippen MR) is 81.9 cm³/mol. The lowest BCUT2D eigenvalue weighted by molar-refractivity contribution is -0.137. The molecule has 0 radical (unpaired) electrons. The zero-order valence-electron chi connectivity index (χ0n) is 13.0. The number of nitrogens with one attached hydrogen (secondary N) is 2. The minimum Gasteiger partial charge on any atom is -0.288 e. The van der Waals surface area contributed by atoms with Crippen molar-refractivity contribution in [2.24, 2.45) is 0 Å². The Morgan fingerprint density at radius 2 is 1.65 bits per heavy atom. The highest BCUT2D eigenvalue weighted by Gasteiger charge is 2.30. The zero-order valence-corrected chi connectivity index (χ0v) is 13.0. The molecular weight excluding hydrogens is 353 g/mol. The molecule has 3 rings (SSSR count). The molecule has 0 atom stereocenters. The number of imide groups is 1. The Balaban J connectivity index is 1.59. The Labute approximate surface area is 144 Å². The number of carbonyl (C=O) groups is 3. The fourth-order valence-electron chi connectivity index (χ4n) is 2.34. The average Bonchev–Trinajstić information content (AvgIpc) is 2.88. The van der Waals surface area contributed by atoms with E-state index in [1.807, 2.05) is 0 Å². The second-order valence-electron chi connectivity index (χ2n) is 5.46. The van der Waals surface area contributed by atoms with E-state index in [0.717, 1.165) is 12.1 Å². The first kappa shape index (κ1) is 17.6. The van der Waals surface area contributed by atoms with E-state index < -0.39 is 29.5 Å². The summed E-state index contributed by atoms with van der Waals surface area (Å²) in [5.74, 6) is -1.78. The van der Waals surface area contributed by atoms with Gasteiger partial charge in [-0.2, -0.15) is 13.2 Å². The molecule has 0 spiro atoms. The number of hydrogen-bond acceptors (Lipinski definition) is 4. The Hall–Kier alpha value is -3.20. The quantitative estimate of drug-likeness (QED) is 0.645. The van der Waals surface area contributed by atoms with Crippen molar-refractivity contribution < 1.29 is 32.4 Å². The van der Waals surface area contributed by atoms with Crippen LogP contribution < -0.4 is 10.8 Å². The average molecular weight is 364 g/mol. The first-order chi connectivity index (χ1) is 12.3. The second-order valence-corrected chi connectivity index (χ2v) is 5.46. The van der Waals surface area contributed by atoms with Crippen LogP contribution in [0.4, 0.5) is 13.2 Å². The molecule has 2 aromatic carbocycles. The van der Waals surface area contributed by atoms with Gasteiger partial charge < -0.3 is 0 Å². The van der Waals surface area contributed by atoms with Crippen LogP contribution in [0, 0.1) is 0 Å². The topological polar surface area (TPSA) is 84.5 Å². The van der Waals surface area contributed by atoms with E-state index in [0.29, 0.717) is 5.56 Å². The van der Waals surface area contributed by atoms with Crippen LogP contribution in [0.15, 0.2) is 42.5 Å². The van der Waals surface area contributed by atoms with Crippen LogP contribution in [0.2, 0.25) is 0 Å². The molecule has 9 heteroatoms. The fourth-order valence-corrected chi connectivity index (χ4v) is 2.34. The summed E-state index contributed by atoms with van der Waals surface area (Å²) in [4.78, 5) is 40.0. The lowest BCUT2D eigenvalue weighted by Gasteiger charge is -2.09. The number of fused-ring (bicyclic) bond motifs is 1. The largest absolute Gasteiger partial charge is 0.416 e. The molecule has 2 N–H and O–H groups in total. The van der Waals surface area contributed by atoms with Crippen LogP contribution in [0.1, 0.15) is 42.2 Å². The van der Waals surface area contributed by atoms with Crippen molar-refractivity contribution >= 4 is 17.7 Å². The van der Waals surface area contributed by atoms with Gasteiger partial charge in [0.15, 0.2) is 0 Å². The maximum Gasteiger partial charge on any atom is 0.416 e. The van der Waals surface area contributed by atoms with Crippen LogP contribution in [0.25, 0.3) is 0 Å². The summed E-state index contributed by atoms with van der Waals surface area (Å²) in [5, 5.41) is 2.11. The summed E-state index contributed by atoms with van der Waals surface area (Å²) >= 11 is 0. The van der Waals surface area contributed by atoms with Crippen molar-refractivity contribution in [3.63, 3.8) is 0 Å². The fraction of sp³-hybridized carbons (Fsp3) is 0.118. The van der Waals surface area contributed by atoms with Gasteiger partial charge in [-0.15, -0.1) is 0 Å². The maximum atomic E-state index is 12.5. The summed E-state index contributed by atoms with van der Waals surface area (Å²) < 4.78 is 37.4. The first-order valence-electron chi connectivity index (χ1n) is 7.34. The maximum absolute atomic E-state index is 12.5. The first-order valence-corrected chi connectivity index (χ1v) is 7.34. The molecule has 0 aliphatic carbocycles. The molecule has 0 saturated heterocycles. The van der Waals surface area contributed by atoms with E-state index in [-0.39, 0.29) is 23.3 Å². The van der Waals surface area contributed by atoms with Crippen LogP contribution >= 0.6 is 0 Å². The highest BCUT2D eigenvalue weighted by atomic mass is 19.4. The van der Waals surface area contributed by atoms with Gasteiger partial charge in [0.25, 0.3) is 17.7 Å². The van der Waals surface area contributed by atoms with Crippen molar-refractivity contribution in [2.45, 2.75) is 12.8 Å². The van der Waals surface area contributed by atoms with Gasteiger partial charge >= 0.3 is 6.18 Å². The predicted octanol–water partition coefficient (Wildman–Crippen LogP) is 2.45. The van der Waals surface area contributed by atoms with E-state index in [2.05, 4.69) is 10.8 Å². The monoisotopic (exact) mass is 364 g/mol. The number of alkyl halides is 3. The summed E-state index contributed by atoms with van der Waals surface area (Å²) in [7, 11) is 0. The highest BCUT2D eigenvalue weighted by molar-refractivity contribution is 6.22. The third-order valence-electron chi connectivity index (χ3n) is 3.68. The minimum absolute atomic E-state index is 0.0883. The van der Waals surface area contributed by atoms with Gasteiger partial charge in [0, 0.05) is 5.56 Å². The Morgan fingerprint density at radius 3 is 2.31 bits per heavy atom. The van der Waals surface area contributed by atoms with Crippen LogP contribution in [0.5, 0.6) is 0 Å². The summed E-state index contributed by atoms with van der Waals surface area (Å²) in [5.41, 5.74) is 2.14. The number of hydroxylamine groups is 1. The third kappa shape index (κ3) is 3.57. The molecule has 1 aliphatic rings. The van der Waals surface area contributed by atoms with Gasteiger partial charge in [0.05, 0.1) is 23.3 Å². The number of halogens is 3. The molecule has 134 valence electrons. The van der Waals surface area contributed by atoms with Gasteiger partial charge in [0.2, 0.25) is 0 Å². The smallest absolute Gasteiger partial charge is 0.288 e. The van der Waals surface area contributed by atoms with Gasteiger partial charge in [-0.1, -0.05) is 12.1 Å². The highest BCUT2D eigenvalue weighted by Crippen LogP contribution is 2.29. The second kappa shape index (κ2) is 6.60. The number of carbonyl (C=O) groups excluding carboxylic acids is 3. The zero-order chi connectivity index (χ0) is 18.9. The Bertz CT molecular complexity index is 892. The molecule has 2 aromatic rings. The summed E-state index contributed by atoms with van der Waals surface area (Å²) in [6.07, 6.45) is -4.42. The van der Waals surface area contributed by atoms with Crippen molar-refractivity contribution in [2.75, 3.05) is 0 Å². The van der Waals surface area contributed by atoms with Crippen molar-refractivity contribution in [3.05, 3.63) is 70.3 Å². The van der Waals surface area contributed by atoms with Crippen LogP contribution in [-0.2, 0) is 17.6 Å². The van der Waals surface area contributed by atoms with Crippen LogP contribution in [-0.4, -0.2) is 17.7 Å². The Kier molecular flexibility index (Phi) is 4.47. The molecule has 26 heavy (non-hydrogen) atoms. The standard InChI is InChI=1S/C17H11F3N2O4/c18-17(19,20)11-4-1-9(2-5-11)8-26-22-14(23)10-3-6-12-13(7-10)16(25)21-15(12)24/h1-7H,8H2,(H,22,23)(H,21,24,25). The molecule has 0 unspecified atom stereocenters. The lowest BCUT2D eigenvalue weighted by atomic mass is 10.1. The lowest BCUT2D eigenvalue weighted by Crippen LogP contribution is -2.24. The van der Waals surface area contributed by atoms with E-state index in [1.165, 1.54) is 30.3 Å². The van der Waals surface area contributed by atoms with E-state index in [9.17, 15) is 27.6 Å². The van der Waals surface area contributed by atoms with E-state index >= 15 is 0 Å². The van der Waals surface area contributed by atoms with Gasteiger partial charge in [-0.25, -0.2) is 5.48 Å². The Morgan fingerprint density at radius 1 is 1.00 bits per heavy atom. The third-order valence-corrected chi connectivity index (χ3v) is 3.68. The molecule has 0 saturated carbocycles. The van der Waals surface area contributed by atoms with Gasteiger partial charge in [0.1, 0.15) is 0 Å². The molecule has 3 amide bonds. The molecule has 1 heterocycles. The van der Waals surface area contributed by atoms with E-state index in [1.54, 1.807) is 0 Å². The normalized spacial score (nSPS) is 13.3. The van der Waals surface area contributed by atoms with Gasteiger partial charge in [-0.3, -0.25) is 24.5 Å². The molecule has 0 bridgehead atoms. The number of hydrogen-bond donors (Lipinski definition) is 2. The number of benzene rings is 2. The SMILES string of the molecule is O=C(NOCc1ccc(C(F)(F)F)cc1)c1ccc2c(c1)C(=O)NC2=O.